The van der Waals surface area contributed by atoms with Crippen LogP contribution in [0, 0.1) is 17.0 Å². The maximum Gasteiger partial charge on any atom is 0.359 e. The highest BCUT2D eigenvalue weighted by Gasteiger charge is 2.33. The lowest BCUT2D eigenvalue weighted by molar-refractivity contribution is -0.393. The molecule has 0 radical (unpaired) electrons. The molecule has 1 atom stereocenters. The Hall–Kier alpha value is -1.44. The van der Waals surface area contributed by atoms with Gasteiger partial charge in [0.2, 0.25) is 15.9 Å². The fraction of sp³-hybridized carbons (Fsp3) is 0.167. The van der Waals surface area contributed by atoms with Crippen LogP contribution in [-0.2, 0) is 0 Å². The smallest absolute Gasteiger partial charge is 0.358 e. The average Bonchev–Trinajstić information content (AvgIpc) is 2.71. The van der Waals surface area contributed by atoms with E-state index in [4.69, 9.17) is 23.2 Å². The van der Waals surface area contributed by atoms with Crippen LogP contribution in [0.1, 0.15) is 21.7 Å². The Labute approximate surface area is 138 Å². The maximum absolute atomic E-state index is 12.4. The highest BCUT2D eigenvalue weighted by atomic mass is 79.9. The number of hydrogen-bond acceptors (Lipinski definition) is 4. The highest BCUT2D eigenvalue weighted by Crippen LogP contribution is 2.32. The molecule has 0 aliphatic rings. The van der Waals surface area contributed by atoms with E-state index in [9.17, 15) is 14.9 Å². The summed E-state index contributed by atoms with van der Waals surface area (Å²) in [4.78, 5) is 26.7. The summed E-state index contributed by atoms with van der Waals surface area (Å²) < 4.78 is 1.09. The van der Waals surface area contributed by atoms with Gasteiger partial charge in [0.25, 0.3) is 0 Å². The summed E-state index contributed by atoms with van der Waals surface area (Å²) in [5.41, 5.74) is -1.02. The number of ketones is 1. The van der Waals surface area contributed by atoms with Gasteiger partial charge < -0.3 is 10.1 Å². The van der Waals surface area contributed by atoms with Crippen molar-refractivity contribution in [2.75, 3.05) is 0 Å². The van der Waals surface area contributed by atoms with Gasteiger partial charge in [-0.05, 0) is 33.0 Å². The Morgan fingerprint density at radius 1 is 1.52 bits per heavy atom. The van der Waals surface area contributed by atoms with Crippen molar-refractivity contribution in [1.82, 2.24) is 9.55 Å². The Kier molecular flexibility index (Phi) is 4.65. The van der Waals surface area contributed by atoms with E-state index < -0.39 is 16.2 Å². The summed E-state index contributed by atoms with van der Waals surface area (Å²) in [5.74, 6) is -0.623. The van der Waals surface area contributed by atoms with Gasteiger partial charge in [-0.1, -0.05) is 35.3 Å². The second kappa shape index (κ2) is 6.13. The molecule has 1 aromatic heterocycles. The van der Waals surface area contributed by atoms with Crippen LogP contribution in [0.3, 0.4) is 0 Å². The summed E-state index contributed by atoms with van der Waals surface area (Å²) >= 11 is 14.9. The van der Waals surface area contributed by atoms with Gasteiger partial charge in [-0.2, -0.15) is 9.55 Å². The molecule has 2 rings (SSSR count). The Morgan fingerprint density at radius 3 is 2.76 bits per heavy atom. The number of alkyl halides is 1. The first-order valence-corrected chi connectivity index (χ1v) is 7.26. The molecule has 0 amide bonds. The first kappa shape index (κ1) is 15.9. The highest BCUT2D eigenvalue weighted by molar-refractivity contribution is 9.10. The molecule has 0 saturated carbocycles. The van der Waals surface area contributed by atoms with Gasteiger partial charge in [0.05, 0.1) is 0 Å². The molecule has 0 aliphatic heterocycles. The van der Waals surface area contributed by atoms with Crippen LogP contribution in [0.4, 0.5) is 5.82 Å². The Bertz CT molecular complexity index is 733. The number of benzene rings is 1. The lowest BCUT2D eigenvalue weighted by Gasteiger charge is -2.09. The molecule has 0 bridgehead atoms. The van der Waals surface area contributed by atoms with Crippen molar-refractivity contribution in [2.45, 2.75) is 12.4 Å². The van der Waals surface area contributed by atoms with Gasteiger partial charge in [0, 0.05) is 17.5 Å². The quantitative estimate of drug-likeness (QED) is 0.339. The molecule has 2 aromatic rings. The zero-order valence-corrected chi connectivity index (χ0v) is 13.7. The third-order valence-corrected chi connectivity index (χ3v) is 3.91. The fourth-order valence-corrected chi connectivity index (χ4v) is 2.97. The maximum atomic E-state index is 12.4. The topological polar surface area (TPSA) is 78.0 Å². The number of halogens is 3. The van der Waals surface area contributed by atoms with Gasteiger partial charge in [0.1, 0.15) is 0 Å². The van der Waals surface area contributed by atoms with E-state index in [1.165, 1.54) is 19.1 Å². The number of imidazole rings is 1. The molecular weight excluding hydrogens is 385 g/mol. The van der Waals surface area contributed by atoms with E-state index in [0.29, 0.717) is 5.02 Å². The second-order valence-corrected chi connectivity index (χ2v) is 5.71. The van der Waals surface area contributed by atoms with E-state index in [1.807, 2.05) is 0 Å². The van der Waals surface area contributed by atoms with Gasteiger partial charge >= 0.3 is 5.82 Å². The zero-order valence-electron chi connectivity index (χ0n) is 10.6. The van der Waals surface area contributed by atoms with Crippen molar-refractivity contribution in [2.24, 2.45) is 0 Å². The van der Waals surface area contributed by atoms with E-state index in [-0.39, 0.29) is 21.8 Å². The minimum atomic E-state index is -1.29. The van der Waals surface area contributed by atoms with Crippen LogP contribution >= 0.6 is 39.1 Å². The van der Waals surface area contributed by atoms with Gasteiger partial charge in [-0.25, -0.2) is 0 Å². The Balaban J connectivity index is 2.47. The zero-order chi connectivity index (χ0) is 15.7. The van der Waals surface area contributed by atoms with Gasteiger partial charge in [-0.15, -0.1) is 0 Å². The van der Waals surface area contributed by atoms with Gasteiger partial charge in [-0.3, -0.25) is 4.79 Å². The molecule has 0 N–H and O–H groups in total. The summed E-state index contributed by atoms with van der Waals surface area (Å²) in [7, 11) is 0. The predicted molar refractivity (Wildman–Crippen MR) is 82.0 cm³/mol. The summed E-state index contributed by atoms with van der Waals surface area (Å²) in [5, 5.41) is 11.5. The lowest BCUT2D eigenvalue weighted by Crippen LogP contribution is -2.17. The number of rotatable bonds is 4. The molecule has 1 unspecified atom stereocenters. The van der Waals surface area contributed by atoms with Crippen molar-refractivity contribution in [1.29, 1.82) is 0 Å². The predicted octanol–water partition coefficient (Wildman–Crippen LogP) is 4.14. The van der Waals surface area contributed by atoms with E-state index in [0.717, 1.165) is 4.57 Å². The van der Waals surface area contributed by atoms with Crippen molar-refractivity contribution in [3.63, 3.8) is 0 Å². The fourth-order valence-electron chi connectivity index (χ4n) is 1.83. The number of nitrogens with zero attached hydrogens (tertiary/aromatic N) is 3. The molecular formula is C12H8BrCl2N3O3. The first-order chi connectivity index (χ1) is 9.82. The largest absolute Gasteiger partial charge is 0.359 e. The molecule has 0 aliphatic carbocycles. The van der Waals surface area contributed by atoms with Crippen LogP contribution in [0.5, 0.6) is 0 Å². The number of carbonyl (C=O) groups is 1. The van der Waals surface area contributed by atoms with E-state index >= 15 is 0 Å². The summed E-state index contributed by atoms with van der Waals surface area (Å²) in [6.07, 6.45) is 0. The summed E-state index contributed by atoms with van der Waals surface area (Å²) in [6, 6.07) is 6.20. The van der Waals surface area contributed by atoms with Crippen molar-refractivity contribution in [3.05, 3.63) is 55.4 Å². The van der Waals surface area contributed by atoms with Crippen LogP contribution in [-0.4, -0.2) is 20.3 Å². The number of aryl methyl sites for hydroxylation is 1. The monoisotopic (exact) mass is 391 g/mol. The van der Waals surface area contributed by atoms with Crippen LogP contribution in [0.2, 0.25) is 5.02 Å². The Morgan fingerprint density at radius 2 is 2.19 bits per heavy atom. The molecule has 110 valence electrons. The van der Waals surface area contributed by atoms with Crippen molar-refractivity contribution in [3.8, 4) is 0 Å². The molecule has 1 aromatic carbocycles. The number of carbonyl (C=O) groups excluding carboxylic acids is 1. The number of Topliss-reactive ketones (excluding diaryl/α,β-unsaturated/α-hetero) is 1. The van der Waals surface area contributed by atoms with E-state index in [2.05, 4.69) is 20.9 Å². The minimum absolute atomic E-state index is 0.0227. The molecule has 6 nitrogen and oxygen atoms in total. The second-order valence-electron chi connectivity index (χ2n) is 4.11. The third kappa shape index (κ3) is 3.09. The lowest BCUT2D eigenvalue weighted by atomic mass is 10.1. The van der Waals surface area contributed by atoms with Crippen molar-refractivity contribution < 1.29 is 9.72 Å². The number of nitro groups is 1. The number of aromatic nitrogens is 2. The van der Waals surface area contributed by atoms with E-state index in [1.54, 1.807) is 12.1 Å². The van der Waals surface area contributed by atoms with Crippen LogP contribution < -0.4 is 0 Å². The number of hydrogen-bond donors (Lipinski definition) is 0. The van der Waals surface area contributed by atoms with Crippen LogP contribution in [0.25, 0.3) is 0 Å². The molecule has 0 spiro atoms. The van der Waals surface area contributed by atoms with Gasteiger partial charge in [0.15, 0.2) is 5.82 Å². The third-order valence-electron chi connectivity index (χ3n) is 2.75. The first-order valence-electron chi connectivity index (χ1n) is 5.65. The standard InChI is InChI=1S/C12H8BrCl2N3O3/c1-6-16-10(13)12(18(20)21)17(6)11(15)9(19)7-3-2-4-8(14)5-7/h2-5,11H,1H3. The normalized spacial score (nSPS) is 12.2. The average molecular weight is 393 g/mol. The summed E-state index contributed by atoms with van der Waals surface area (Å²) in [6.45, 7) is 1.53. The van der Waals surface area contributed by atoms with Crippen molar-refractivity contribution >= 4 is 50.7 Å². The molecule has 21 heavy (non-hydrogen) atoms. The minimum Gasteiger partial charge on any atom is -0.358 e. The molecule has 0 saturated heterocycles. The molecule has 9 heteroatoms. The van der Waals surface area contributed by atoms with Crippen LogP contribution in [0.15, 0.2) is 28.9 Å². The SMILES string of the molecule is Cc1nc(Br)c([N+](=O)[O-])n1C(Cl)C(=O)c1cccc(Cl)c1. The molecule has 0 fully saturated rings. The molecule has 1 heterocycles.